The number of nitrogens with zero attached hydrogens (tertiary/aromatic N) is 1. The Kier molecular flexibility index (Phi) is 4.03. The molecule has 1 aromatic heterocycles. The summed E-state index contributed by atoms with van der Waals surface area (Å²) in [5, 5.41) is 3.37. The molecular weight excluding hydrogens is 304 g/mol. The van der Waals surface area contributed by atoms with Gasteiger partial charge >= 0.3 is 0 Å². The zero-order chi connectivity index (χ0) is 14.6. The van der Waals surface area contributed by atoms with Crippen LogP contribution in [0.5, 0.6) is 0 Å². The van der Waals surface area contributed by atoms with Crippen LogP contribution in [-0.2, 0) is 6.42 Å². The fourth-order valence-electron chi connectivity index (χ4n) is 4.02. The minimum atomic E-state index is -0.0379. The lowest BCUT2D eigenvalue weighted by atomic mass is 9.94. The standard InChI is InChI=1S/C16H20N2O3.ClH/c1-9-14-12(19)3-2-4-13(14)21-15(9)16(20)18-7-10-5-17-6-11(10)8-18;/h10-11,17H,2-8H2,1H3;1H/t10-,11+;. The Labute approximate surface area is 135 Å². The quantitative estimate of drug-likeness (QED) is 0.856. The highest BCUT2D eigenvalue weighted by molar-refractivity contribution is 6.03. The van der Waals surface area contributed by atoms with Crippen molar-refractivity contribution < 1.29 is 14.0 Å². The molecule has 3 heterocycles. The highest BCUT2D eigenvalue weighted by Gasteiger charge is 2.40. The number of amides is 1. The summed E-state index contributed by atoms with van der Waals surface area (Å²) >= 11 is 0. The smallest absolute Gasteiger partial charge is 0.289 e. The number of hydrogen-bond acceptors (Lipinski definition) is 4. The average Bonchev–Trinajstić information content (AvgIpc) is 3.11. The summed E-state index contributed by atoms with van der Waals surface area (Å²) in [6.07, 6.45) is 2.16. The zero-order valence-electron chi connectivity index (χ0n) is 12.7. The van der Waals surface area contributed by atoms with E-state index in [2.05, 4.69) is 5.32 Å². The summed E-state index contributed by atoms with van der Waals surface area (Å²) in [4.78, 5) is 26.7. The number of carbonyl (C=O) groups excluding carboxylic acids is 2. The van der Waals surface area contributed by atoms with Crippen molar-refractivity contribution in [1.82, 2.24) is 10.2 Å². The number of nitrogens with one attached hydrogen (secondary N) is 1. The molecule has 0 aromatic carbocycles. The maximum Gasteiger partial charge on any atom is 0.289 e. The van der Waals surface area contributed by atoms with Gasteiger partial charge in [0.2, 0.25) is 0 Å². The van der Waals surface area contributed by atoms with Crippen LogP contribution in [0.2, 0.25) is 0 Å². The summed E-state index contributed by atoms with van der Waals surface area (Å²) in [7, 11) is 0. The minimum Gasteiger partial charge on any atom is -0.455 e. The van der Waals surface area contributed by atoms with Gasteiger partial charge in [-0.15, -0.1) is 12.4 Å². The molecule has 0 radical (unpaired) electrons. The van der Waals surface area contributed by atoms with Gasteiger partial charge in [-0.05, 0) is 25.2 Å². The first kappa shape index (κ1) is 15.6. The van der Waals surface area contributed by atoms with Gasteiger partial charge in [0.1, 0.15) is 5.76 Å². The second kappa shape index (κ2) is 5.70. The number of furan rings is 1. The highest BCUT2D eigenvalue weighted by Crippen LogP contribution is 2.32. The maximum atomic E-state index is 12.7. The van der Waals surface area contributed by atoms with E-state index in [-0.39, 0.29) is 24.1 Å². The number of ketones is 1. The summed E-state index contributed by atoms with van der Waals surface area (Å²) in [5.74, 6) is 2.33. The summed E-state index contributed by atoms with van der Waals surface area (Å²) in [6, 6.07) is 0. The summed E-state index contributed by atoms with van der Waals surface area (Å²) in [5.41, 5.74) is 1.42. The predicted molar refractivity (Wildman–Crippen MR) is 83.7 cm³/mol. The Morgan fingerprint density at radius 2 is 1.91 bits per heavy atom. The molecule has 1 amide bonds. The first-order chi connectivity index (χ1) is 10.1. The van der Waals surface area contributed by atoms with Crippen molar-refractivity contribution in [3.05, 3.63) is 22.6 Å². The Morgan fingerprint density at radius 1 is 1.23 bits per heavy atom. The molecule has 22 heavy (non-hydrogen) atoms. The van der Waals surface area contributed by atoms with Gasteiger partial charge in [0.05, 0.1) is 5.56 Å². The Balaban J connectivity index is 0.00000144. The number of aryl methyl sites for hydroxylation is 1. The van der Waals surface area contributed by atoms with E-state index in [4.69, 9.17) is 4.42 Å². The molecule has 120 valence electrons. The fourth-order valence-corrected chi connectivity index (χ4v) is 4.02. The number of rotatable bonds is 1. The predicted octanol–water partition coefficient (Wildman–Crippen LogP) is 1.82. The molecule has 2 fully saturated rings. The van der Waals surface area contributed by atoms with Crippen LogP contribution in [0.25, 0.3) is 0 Å². The van der Waals surface area contributed by atoms with Gasteiger partial charge in [0.15, 0.2) is 11.5 Å². The molecule has 0 unspecified atom stereocenters. The van der Waals surface area contributed by atoms with Crippen molar-refractivity contribution in [2.75, 3.05) is 26.2 Å². The van der Waals surface area contributed by atoms with Crippen molar-refractivity contribution in [2.45, 2.75) is 26.2 Å². The van der Waals surface area contributed by atoms with Crippen LogP contribution in [0.3, 0.4) is 0 Å². The topological polar surface area (TPSA) is 62.6 Å². The molecule has 0 saturated carbocycles. The van der Waals surface area contributed by atoms with Crippen molar-refractivity contribution in [1.29, 1.82) is 0 Å². The molecule has 1 N–H and O–H groups in total. The van der Waals surface area contributed by atoms with E-state index in [0.717, 1.165) is 44.6 Å². The van der Waals surface area contributed by atoms with Crippen LogP contribution in [0.4, 0.5) is 0 Å². The first-order valence-electron chi connectivity index (χ1n) is 7.80. The highest BCUT2D eigenvalue weighted by atomic mass is 35.5. The molecule has 0 bridgehead atoms. The minimum absolute atomic E-state index is 0. The normalized spacial score (nSPS) is 26.6. The lowest BCUT2D eigenvalue weighted by molar-refractivity contribution is 0.0746. The number of Topliss-reactive ketones (excluding diaryl/α,β-unsaturated/α-hetero) is 1. The molecule has 2 saturated heterocycles. The number of halogens is 1. The second-order valence-corrected chi connectivity index (χ2v) is 6.52. The van der Waals surface area contributed by atoms with Gasteiger partial charge in [0.25, 0.3) is 5.91 Å². The summed E-state index contributed by atoms with van der Waals surface area (Å²) < 4.78 is 5.78. The average molecular weight is 325 g/mol. The monoisotopic (exact) mass is 324 g/mol. The van der Waals surface area contributed by atoms with Gasteiger partial charge in [0, 0.05) is 44.6 Å². The van der Waals surface area contributed by atoms with E-state index in [0.29, 0.717) is 35.3 Å². The molecule has 2 aliphatic heterocycles. The van der Waals surface area contributed by atoms with Gasteiger partial charge in [-0.2, -0.15) is 0 Å². The third kappa shape index (κ3) is 2.27. The lowest BCUT2D eigenvalue weighted by Crippen LogP contribution is -2.32. The Hall–Kier alpha value is -1.33. The van der Waals surface area contributed by atoms with E-state index >= 15 is 0 Å². The fraction of sp³-hybridized carbons (Fsp3) is 0.625. The molecule has 3 aliphatic rings. The van der Waals surface area contributed by atoms with Crippen LogP contribution in [0.15, 0.2) is 4.42 Å². The molecule has 1 aliphatic carbocycles. The molecule has 2 atom stereocenters. The van der Waals surface area contributed by atoms with E-state index in [9.17, 15) is 9.59 Å². The Morgan fingerprint density at radius 3 is 2.55 bits per heavy atom. The van der Waals surface area contributed by atoms with Gasteiger partial charge in [-0.3, -0.25) is 9.59 Å². The van der Waals surface area contributed by atoms with Crippen molar-refractivity contribution in [3.8, 4) is 0 Å². The molecule has 0 spiro atoms. The van der Waals surface area contributed by atoms with E-state index in [1.165, 1.54) is 0 Å². The van der Waals surface area contributed by atoms with Gasteiger partial charge < -0.3 is 14.6 Å². The van der Waals surface area contributed by atoms with Crippen LogP contribution >= 0.6 is 12.4 Å². The third-order valence-electron chi connectivity index (χ3n) is 5.18. The zero-order valence-corrected chi connectivity index (χ0v) is 13.5. The number of hydrogen-bond donors (Lipinski definition) is 1. The Bertz CT molecular complexity index is 613. The third-order valence-corrected chi connectivity index (χ3v) is 5.18. The molecule has 4 rings (SSSR count). The second-order valence-electron chi connectivity index (χ2n) is 6.52. The lowest BCUT2D eigenvalue weighted by Gasteiger charge is -2.16. The first-order valence-corrected chi connectivity index (χ1v) is 7.80. The van der Waals surface area contributed by atoms with Crippen molar-refractivity contribution in [3.63, 3.8) is 0 Å². The molecule has 5 nitrogen and oxygen atoms in total. The summed E-state index contributed by atoms with van der Waals surface area (Å²) in [6.45, 7) is 5.45. The molecule has 1 aromatic rings. The van der Waals surface area contributed by atoms with E-state index < -0.39 is 0 Å². The van der Waals surface area contributed by atoms with Crippen LogP contribution in [0, 0.1) is 18.8 Å². The van der Waals surface area contributed by atoms with E-state index in [1.807, 2.05) is 11.8 Å². The largest absolute Gasteiger partial charge is 0.455 e. The number of carbonyl (C=O) groups is 2. The SMILES string of the molecule is Cc1c(C(=O)N2C[C@H]3CNC[C@H]3C2)oc2c1C(=O)CCC2.Cl. The van der Waals surface area contributed by atoms with Crippen molar-refractivity contribution in [2.24, 2.45) is 11.8 Å². The number of likely N-dealkylation sites (tertiary alicyclic amines) is 1. The molecule has 6 heteroatoms. The van der Waals surface area contributed by atoms with Crippen LogP contribution in [-0.4, -0.2) is 42.8 Å². The van der Waals surface area contributed by atoms with E-state index in [1.54, 1.807) is 0 Å². The number of fused-ring (bicyclic) bond motifs is 2. The van der Waals surface area contributed by atoms with Gasteiger partial charge in [-0.1, -0.05) is 0 Å². The van der Waals surface area contributed by atoms with Crippen LogP contribution in [0.1, 0.15) is 45.1 Å². The van der Waals surface area contributed by atoms with Gasteiger partial charge in [-0.25, -0.2) is 0 Å². The maximum absolute atomic E-state index is 12.7. The molecular formula is C16H21ClN2O3. The van der Waals surface area contributed by atoms with Crippen LogP contribution < -0.4 is 5.32 Å². The van der Waals surface area contributed by atoms with Crippen molar-refractivity contribution >= 4 is 24.1 Å².